The van der Waals surface area contributed by atoms with Crippen LogP contribution in [0.1, 0.15) is 36.4 Å². The highest BCUT2D eigenvalue weighted by Crippen LogP contribution is 2.40. The zero-order valence-electron chi connectivity index (χ0n) is 13.8. The molecule has 1 aromatic heterocycles. The van der Waals surface area contributed by atoms with Gasteiger partial charge in [0, 0.05) is 34.6 Å². The van der Waals surface area contributed by atoms with E-state index in [1.807, 2.05) is 0 Å². The molecule has 1 saturated heterocycles. The van der Waals surface area contributed by atoms with Gasteiger partial charge in [-0.2, -0.15) is 0 Å². The monoisotopic (exact) mass is 305 g/mol. The van der Waals surface area contributed by atoms with E-state index in [2.05, 4.69) is 72.8 Å². The lowest BCUT2D eigenvalue weighted by Crippen LogP contribution is -2.49. The van der Waals surface area contributed by atoms with Gasteiger partial charge in [0.15, 0.2) is 0 Å². The smallest absolute Gasteiger partial charge is 0.117 e. The summed E-state index contributed by atoms with van der Waals surface area (Å²) in [7, 11) is 2.44. The molecule has 0 saturated carbocycles. The van der Waals surface area contributed by atoms with Gasteiger partial charge in [0.05, 0.1) is 13.6 Å². The number of hydrogen-bond donors (Lipinski definition) is 1. The lowest BCUT2D eigenvalue weighted by Gasteiger charge is -2.45. The molecule has 0 spiro atoms. The summed E-state index contributed by atoms with van der Waals surface area (Å²) in [4.78, 5) is 3.48. The van der Waals surface area contributed by atoms with E-state index in [0.717, 1.165) is 11.0 Å². The quantitative estimate of drug-likeness (QED) is 0.653. The van der Waals surface area contributed by atoms with E-state index in [1.54, 1.807) is 0 Å². The van der Waals surface area contributed by atoms with Crippen molar-refractivity contribution in [2.24, 2.45) is 0 Å². The average molecular weight is 305 g/mol. The molecule has 2 heteroatoms. The number of nitrogens with zero attached hydrogens (tertiary/aromatic N) is 1. The Morgan fingerprint density at radius 2 is 1.78 bits per heavy atom. The SMILES string of the molecule is C[N+]1(Cc2ccccc2)CCCCC1c1c[nH]c2ccccc12. The summed E-state index contributed by atoms with van der Waals surface area (Å²) in [6, 6.07) is 20.3. The first-order chi connectivity index (χ1) is 11.3. The Kier molecular flexibility index (Phi) is 3.70. The summed E-state index contributed by atoms with van der Waals surface area (Å²) < 4.78 is 1.12. The molecule has 1 aliphatic heterocycles. The minimum absolute atomic E-state index is 0.583. The molecule has 3 aromatic rings. The summed E-state index contributed by atoms with van der Waals surface area (Å²) in [6.45, 7) is 2.38. The highest BCUT2D eigenvalue weighted by molar-refractivity contribution is 5.83. The van der Waals surface area contributed by atoms with Crippen LogP contribution in [-0.4, -0.2) is 23.1 Å². The maximum Gasteiger partial charge on any atom is 0.117 e. The summed E-state index contributed by atoms with van der Waals surface area (Å²) in [5.41, 5.74) is 4.21. The number of aromatic amines is 1. The molecule has 2 heterocycles. The van der Waals surface area contributed by atoms with Crippen LogP contribution in [0.2, 0.25) is 0 Å². The van der Waals surface area contributed by atoms with Gasteiger partial charge in [-0.1, -0.05) is 48.5 Å². The van der Waals surface area contributed by atoms with Crippen molar-refractivity contribution >= 4 is 10.9 Å². The summed E-state index contributed by atoms with van der Waals surface area (Å²) in [5, 5.41) is 1.40. The number of benzene rings is 2. The van der Waals surface area contributed by atoms with Crippen molar-refractivity contribution in [3.8, 4) is 0 Å². The minimum atomic E-state index is 0.583. The van der Waals surface area contributed by atoms with Crippen LogP contribution in [0.3, 0.4) is 0 Å². The normalized spacial score (nSPS) is 24.8. The van der Waals surface area contributed by atoms with Crippen molar-refractivity contribution in [1.29, 1.82) is 0 Å². The van der Waals surface area contributed by atoms with E-state index in [4.69, 9.17) is 0 Å². The van der Waals surface area contributed by atoms with E-state index < -0.39 is 0 Å². The Hall–Kier alpha value is -2.06. The van der Waals surface area contributed by atoms with Crippen molar-refractivity contribution in [3.63, 3.8) is 0 Å². The Labute approximate surface area is 138 Å². The van der Waals surface area contributed by atoms with Crippen molar-refractivity contribution in [2.75, 3.05) is 13.6 Å². The van der Waals surface area contributed by atoms with Gasteiger partial charge >= 0.3 is 0 Å². The maximum atomic E-state index is 3.48. The largest absolute Gasteiger partial charge is 0.361 e. The van der Waals surface area contributed by atoms with Crippen LogP contribution in [0.4, 0.5) is 0 Å². The number of fused-ring (bicyclic) bond motifs is 1. The van der Waals surface area contributed by atoms with Gasteiger partial charge in [0.25, 0.3) is 0 Å². The Bertz CT molecular complexity index is 790. The second-order valence-electron chi connectivity index (χ2n) is 7.15. The molecule has 1 aliphatic rings. The predicted octanol–water partition coefficient (Wildman–Crippen LogP) is 5.04. The third-order valence-electron chi connectivity index (χ3n) is 5.52. The molecule has 0 amide bonds. The lowest BCUT2D eigenvalue weighted by molar-refractivity contribution is -0.956. The molecule has 4 rings (SSSR count). The third kappa shape index (κ3) is 2.68. The van der Waals surface area contributed by atoms with Crippen LogP contribution in [0.25, 0.3) is 10.9 Å². The van der Waals surface area contributed by atoms with Gasteiger partial charge in [-0.05, 0) is 18.9 Å². The first kappa shape index (κ1) is 14.5. The van der Waals surface area contributed by atoms with Crippen LogP contribution in [0, 0.1) is 0 Å². The second-order valence-corrected chi connectivity index (χ2v) is 7.15. The van der Waals surface area contributed by atoms with Crippen LogP contribution >= 0.6 is 0 Å². The standard InChI is InChI=1S/C21H25N2/c1-23(16-17-9-3-2-4-10-17)14-8-7-13-21(23)19-15-22-20-12-6-5-11-18(19)20/h2-6,9-12,15,21-22H,7-8,13-14,16H2,1H3/q+1. The summed E-state index contributed by atoms with van der Waals surface area (Å²) in [5.74, 6) is 0. The number of H-pyrrole nitrogens is 1. The number of hydrogen-bond acceptors (Lipinski definition) is 0. The zero-order chi connectivity index (χ0) is 15.7. The molecule has 1 fully saturated rings. The third-order valence-corrected chi connectivity index (χ3v) is 5.52. The van der Waals surface area contributed by atoms with Crippen LogP contribution in [0.15, 0.2) is 60.8 Å². The number of aromatic nitrogens is 1. The molecular weight excluding hydrogens is 280 g/mol. The number of rotatable bonds is 3. The van der Waals surface area contributed by atoms with Gasteiger partial charge in [0.2, 0.25) is 0 Å². The highest BCUT2D eigenvalue weighted by Gasteiger charge is 2.37. The Morgan fingerprint density at radius 3 is 2.65 bits per heavy atom. The summed E-state index contributed by atoms with van der Waals surface area (Å²) >= 11 is 0. The van der Waals surface area contributed by atoms with Crippen LogP contribution in [-0.2, 0) is 6.54 Å². The molecule has 0 bridgehead atoms. The lowest BCUT2D eigenvalue weighted by atomic mass is 9.91. The van der Waals surface area contributed by atoms with Gasteiger partial charge in [-0.3, -0.25) is 0 Å². The van der Waals surface area contributed by atoms with Crippen molar-refractivity contribution in [2.45, 2.75) is 31.8 Å². The number of nitrogens with one attached hydrogen (secondary N) is 1. The average Bonchev–Trinajstić information content (AvgIpc) is 3.00. The summed E-state index contributed by atoms with van der Waals surface area (Å²) in [6.07, 6.45) is 6.21. The van der Waals surface area contributed by atoms with Gasteiger partial charge in [-0.15, -0.1) is 0 Å². The molecular formula is C21H25N2+. The Balaban J connectivity index is 1.73. The first-order valence-corrected chi connectivity index (χ1v) is 8.70. The molecule has 2 aromatic carbocycles. The van der Waals surface area contributed by atoms with E-state index in [-0.39, 0.29) is 0 Å². The van der Waals surface area contributed by atoms with Crippen molar-refractivity contribution < 1.29 is 4.48 Å². The molecule has 23 heavy (non-hydrogen) atoms. The number of piperidine rings is 1. The Morgan fingerprint density at radius 1 is 1.00 bits per heavy atom. The fraction of sp³-hybridized carbons (Fsp3) is 0.333. The molecule has 0 radical (unpaired) electrons. The topological polar surface area (TPSA) is 15.8 Å². The number of likely N-dealkylation sites (tertiary alicyclic amines) is 1. The van der Waals surface area contributed by atoms with Crippen LogP contribution in [0.5, 0.6) is 0 Å². The fourth-order valence-electron chi connectivity index (χ4n) is 4.33. The predicted molar refractivity (Wildman–Crippen MR) is 96.1 cm³/mol. The van der Waals surface area contributed by atoms with Crippen LogP contribution < -0.4 is 0 Å². The molecule has 2 atom stereocenters. The molecule has 118 valence electrons. The van der Waals surface area contributed by atoms with Crippen molar-refractivity contribution in [3.05, 3.63) is 71.9 Å². The molecule has 2 unspecified atom stereocenters. The van der Waals surface area contributed by atoms with Gasteiger partial charge in [0.1, 0.15) is 12.6 Å². The zero-order valence-corrected chi connectivity index (χ0v) is 13.8. The van der Waals surface area contributed by atoms with Gasteiger partial charge in [-0.25, -0.2) is 0 Å². The minimum Gasteiger partial charge on any atom is -0.361 e. The van der Waals surface area contributed by atoms with Crippen molar-refractivity contribution in [1.82, 2.24) is 4.98 Å². The fourth-order valence-corrected chi connectivity index (χ4v) is 4.33. The van der Waals surface area contributed by atoms with E-state index in [0.29, 0.717) is 6.04 Å². The first-order valence-electron chi connectivity index (χ1n) is 8.70. The van der Waals surface area contributed by atoms with E-state index in [9.17, 15) is 0 Å². The second kappa shape index (κ2) is 5.86. The highest BCUT2D eigenvalue weighted by atomic mass is 15.4. The molecule has 2 nitrogen and oxygen atoms in total. The molecule has 1 N–H and O–H groups in total. The molecule has 0 aliphatic carbocycles. The maximum absolute atomic E-state index is 3.48. The van der Waals surface area contributed by atoms with E-state index >= 15 is 0 Å². The number of para-hydroxylation sites is 1. The van der Waals surface area contributed by atoms with Gasteiger partial charge < -0.3 is 9.47 Å². The van der Waals surface area contributed by atoms with E-state index in [1.165, 1.54) is 47.8 Å². The number of quaternary nitrogens is 1.